The molecule has 0 bridgehead atoms. The van der Waals surface area contributed by atoms with Crippen molar-refractivity contribution >= 4 is 12.4 Å². The van der Waals surface area contributed by atoms with Gasteiger partial charge >= 0.3 is 0 Å². The first-order valence-corrected chi connectivity index (χ1v) is 5.72. The second-order valence-electron chi connectivity index (χ2n) is 3.89. The number of benzene rings is 2. The van der Waals surface area contributed by atoms with Gasteiger partial charge in [0.15, 0.2) is 6.29 Å². The van der Waals surface area contributed by atoms with Crippen LogP contribution in [-0.2, 0) is 6.61 Å². The van der Waals surface area contributed by atoms with Gasteiger partial charge in [0, 0.05) is 0 Å². The normalized spacial score (nSPS) is 9.78. The zero-order valence-electron chi connectivity index (χ0n) is 10.0. The van der Waals surface area contributed by atoms with Crippen molar-refractivity contribution in [2.75, 3.05) is 0 Å². The quantitative estimate of drug-likeness (QED) is 0.742. The number of carbonyl (C=O) groups excluding carboxylic acids is 1. The molecule has 0 amide bonds. The van der Waals surface area contributed by atoms with Crippen LogP contribution in [0.2, 0.25) is 0 Å². The molecule has 0 atom stereocenters. The van der Waals surface area contributed by atoms with E-state index in [4.69, 9.17) is 4.74 Å². The third-order valence-corrected chi connectivity index (χ3v) is 2.64. The highest BCUT2D eigenvalue weighted by Crippen LogP contribution is 2.20. The summed E-state index contributed by atoms with van der Waals surface area (Å²) in [6.07, 6.45) is 2.52. The molecule has 0 unspecified atom stereocenters. The summed E-state index contributed by atoms with van der Waals surface area (Å²) in [7, 11) is 0. The van der Waals surface area contributed by atoms with E-state index in [9.17, 15) is 4.79 Å². The van der Waals surface area contributed by atoms with E-state index < -0.39 is 0 Å². The lowest BCUT2D eigenvalue weighted by atomic mass is 10.1. The molecule has 2 nitrogen and oxygen atoms in total. The molecule has 2 aromatic carbocycles. The van der Waals surface area contributed by atoms with E-state index in [0.717, 1.165) is 17.4 Å². The van der Waals surface area contributed by atoms with Crippen molar-refractivity contribution in [2.45, 2.75) is 6.61 Å². The minimum Gasteiger partial charge on any atom is -0.488 e. The van der Waals surface area contributed by atoms with Crippen molar-refractivity contribution in [1.29, 1.82) is 0 Å². The van der Waals surface area contributed by atoms with Crippen LogP contribution >= 0.6 is 0 Å². The lowest BCUT2D eigenvalue weighted by Crippen LogP contribution is -1.98. The van der Waals surface area contributed by atoms with Gasteiger partial charge in [-0.2, -0.15) is 0 Å². The topological polar surface area (TPSA) is 26.3 Å². The van der Waals surface area contributed by atoms with Crippen LogP contribution < -0.4 is 4.74 Å². The molecule has 0 aliphatic rings. The first kappa shape index (κ1) is 12.1. The number of rotatable bonds is 5. The molecule has 2 rings (SSSR count). The van der Waals surface area contributed by atoms with Crippen LogP contribution in [0.1, 0.15) is 21.5 Å². The SMILES string of the molecule is C=Cc1ccc(C=O)c(OCc2ccccc2)c1. The van der Waals surface area contributed by atoms with E-state index in [1.807, 2.05) is 42.5 Å². The average Bonchev–Trinajstić information content (AvgIpc) is 2.45. The van der Waals surface area contributed by atoms with E-state index in [2.05, 4.69) is 6.58 Å². The maximum atomic E-state index is 10.9. The Morgan fingerprint density at radius 2 is 1.89 bits per heavy atom. The summed E-state index contributed by atoms with van der Waals surface area (Å²) >= 11 is 0. The van der Waals surface area contributed by atoms with Crippen molar-refractivity contribution in [3.8, 4) is 5.75 Å². The van der Waals surface area contributed by atoms with E-state index in [-0.39, 0.29) is 0 Å². The summed E-state index contributed by atoms with van der Waals surface area (Å²) in [5.41, 5.74) is 2.55. The van der Waals surface area contributed by atoms with Crippen LogP contribution in [0.5, 0.6) is 5.75 Å². The third-order valence-electron chi connectivity index (χ3n) is 2.64. The van der Waals surface area contributed by atoms with Gasteiger partial charge in [-0.1, -0.05) is 49.1 Å². The standard InChI is InChI=1S/C16H14O2/c1-2-13-8-9-15(11-17)16(10-13)18-12-14-6-4-3-5-7-14/h2-11H,1,12H2. The van der Waals surface area contributed by atoms with E-state index in [1.165, 1.54) is 0 Å². The molecule has 0 aliphatic heterocycles. The summed E-state index contributed by atoms with van der Waals surface area (Å²) in [6, 6.07) is 15.2. The Kier molecular flexibility index (Phi) is 3.92. The zero-order chi connectivity index (χ0) is 12.8. The maximum Gasteiger partial charge on any atom is 0.153 e. The molecular formula is C16H14O2. The Bertz CT molecular complexity index is 544. The van der Waals surface area contributed by atoms with Crippen molar-refractivity contribution in [1.82, 2.24) is 0 Å². The first-order valence-electron chi connectivity index (χ1n) is 5.72. The molecule has 2 heteroatoms. The van der Waals surface area contributed by atoms with Crippen LogP contribution in [0.3, 0.4) is 0 Å². The molecule has 0 saturated heterocycles. The van der Waals surface area contributed by atoms with Crippen molar-refractivity contribution in [3.05, 3.63) is 71.8 Å². The molecule has 0 aromatic heterocycles. The lowest BCUT2D eigenvalue weighted by molar-refractivity contribution is 0.111. The molecule has 2 aromatic rings. The van der Waals surface area contributed by atoms with Crippen molar-refractivity contribution in [3.63, 3.8) is 0 Å². The third kappa shape index (κ3) is 2.86. The molecule has 0 fully saturated rings. The summed E-state index contributed by atoms with van der Waals surface area (Å²) in [6.45, 7) is 4.15. The Balaban J connectivity index is 2.17. The minimum absolute atomic E-state index is 0.447. The molecule has 0 aliphatic carbocycles. The molecule has 0 spiro atoms. The van der Waals surface area contributed by atoms with Gasteiger partial charge in [-0.3, -0.25) is 4.79 Å². The smallest absolute Gasteiger partial charge is 0.153 e. The predicted molar refractivity (Wildman–Crippen MR) is 72.7 cm³/mol. The number of carbonyl (C=O) groups is 1. The molecule has 90 valence electrons. The van der Waals surface area contributed by atoms with E-state index >= 15 is 0 Å². The highest BCUT2D eigenvalue weighted by atomic mass is 16.5. The Hall–Kier alpha value is -2.35. The van der Waals surface area contributed by atoms with Gasteiger partial charge in [0.2, 0.25) is 0 Å². The fraction of sp³-hybridized carbons (Fsp3) is 0.0625. The van der Waals surface area contributed by atoms with Gasteiger partial charge in [0.1, 0.15) is 12.4 Å². The first-order chi connectivity index (χ1) is 8.83. The second-order valence-corrected chi connectivity index (χ2v) is 3.89. The molecule has 0 saturated carbocycles. The molecule has 0 radical (unpaired) electrons. The monoisotopic (exact) mass is 238 g/mol. The Morgan fingerprint density at radius 1 is 1.11 bits per heavy atom. The number of ether oxygens (including phenoxy) is 1. The van der Waals surface area contributed by atoms with E-state index in [1.54, 1.807) is 12.1 Å². The Labute approximate surface area is 107 Å². The number of hydrogen-bond acceptors (Lipinski definition) is 2. The second kappa shape index (κ2) is 5.82. The fourth-order valence-electron chi connectivity index (χ4n) is 1.64. The van der Waals surface area contributed by atoms with Gasteiger partial charge in [-0.15, -0.1) is 0 Å². The predicted octanol–water partition coefficient (Wildman–Crippen LogP) is 3.72. The number of hydrogen-bond donors (Lipinski definition) is 0. The summed E-state index contributed by atoms with van der Waals surface area (Å²) < 4.78 is 5.68. The van der Waals surface area contributed by atoms with Crippen molar-refractivity contribution < 1.29 is 9.53 Å². The minimum atomic E-state index is 0.447. The molecule has 0 heterocycles. The Morgan fingerprint density at radius 3 is 2.56 bits per heavy atom. The average molecular weight is 238 g/mol. The van der Waals surface area contributed by atoms with Crippen molar-refractivity contribution in [2.24, 2.45) is 0 Å². The molecular weight excluding hydrogens is 224 g/mol. The van der Waals surface area contributed by atoms with Crippen LogP contribution in [0.25, 0.3) is 6.08 Å². The summed E-state index contributed by atoms with van der Waals surface area (Å²) in [5.74, 6) is 0.589. The maximum absolute atomic E-state index is 10.9. The highest BCUT2D eigenvalue weighted by molar-refractivity contribution is 5.80. The number of aldehydes is 1. The summed E-state index contributed by atoms with van der Waals surface area (Å²) in [4.78, 5) is 10.9. The van der Waals surface area contributed by atoms with Crippen LogP contribution in [0.4, 0.5) is 0 Å². The van der Waals surface area contributed by atoms with Gasteiger partial charge in [-0.05, 0) is 23.3 Å². The molecule has 18 heavy (non-hydrogen) atoms. The van der Waals surface area contributed by atoms with E-state index in [0.29, 0.717) is 17.9 Å². The lowest BCUT2D eigenvalue weighted by Gasteiger charge is -2.09. The van der Waals surface area contributed by atoms with Gasteiger partial charge in [0.05, 0.1) is 5.56 Å². The van der Waals surface area contributed by atoms with Crippen LogP contribution in [-0.4, -0.2) is 6.29 Å². The highest BCUT2D eigenvalue weighted by Gasteiger charge is 2.03. The van der Waals surface area contributed by atoms with Crippen LogP contribution in [0, 0.1) is 0 Å². The zero-order valence-corrected chi connectivity index (χ0v) is 10.0. The summed E-state index contributed by atoms with van der Waals surface area (Å²) in [5, 5.41) is 0. The largest absolute Gasteiger partial charge is 0.488 e. The fourth-order valence-corrected chi connectivity index (χ4v) is 1.64. The van der Waals surface area contributed by atoms with Crippen LogP contribution in [0.15, 0.2) is 55.1 Å². The molecule has 0 N–H and O–H groups in total. The van der Waals surface area contributed by atoms with Gasteiger partial charge in [-0.25, -0.2) is 0 Å². The van der Waals surface area contributed by atoms with Gasteiger partial charge < -0.3 is 4.74 Å². The van der Waals surface area contributed by atoms with Gasteiger partial charge in [0.25, 0.3) is 0 Å².